The zero-order valence-corrected chi connectivity index (χ0v) is 17.1. The smallest absolute Gasteiger partial charge is 0.309 e. The minimum Gasteiger partial charge on any atom is -0.494 e. The average Bonchev–Trinajstić information content (AvgIpc) is 2.78. The zero-order chi connectivity index (χ0) is 23.5. The number of nitrogens with one attached hydrogen (secondary N) is 2. The minimum atomic E-state index is -1.73. The van der Waals surface area contributed by atoms with Gasteiger partial charge in [0, 0.05) is 0 Å². The Morgan fingerprint density at radius 3 is 2.19 bits per heavy atom. The Kier molecular flexibility index (Phi) is 9.33. The van der Waals surface area contributed by atoms with Crippen molar-refractivity contribution in [1.82, 2.24) is 5.32 Å². The van der Waals surface area contributed by atoms with E-state index in [1.807, 2.05) is 12.2 Å². The summed E-state index contributed by atoms with van der Waals surface area (Å²) >= 11 is 0. The van der Waals surface area contributed by atoms with Crippen LogP contribution >= 0.6 is 0 Å². The van der Waals surface area contributed by atoms with E-state index in [9.17, 15) is 27.6 Å². The first-order valence-electron chi connectivity index (χ1n) is 9.51. The summed E-state index contributed by atoms with van der Waals surface area (Å²) in [5.74, 6) is -5.85. The third-order valence-electron chi connectivity index (χ3n) is 3.83. The van der Waals surface area contributed by atoms with E-state index in [0.717, 1.165) is 6.07 Å². The van der Waals surface area contributed by atoms with Crippen molar-refractivity contribution in [3.05, 3.63) is 53.8 Å². The summed E-state index contributed by atoms with van der Waals surface area (Å²) in [5.41, 5.74) is -0.581. The van der Waals surface area contributed by atoms with Gasteiger partial charge in [0.25, 0.3) is 5.91 Å². The van der Waals surface area contributed by atoms with Crippen LogP contribution < -0.4 is 20.1 Å². The second-order valence-electron chi connectivity index (χ2n) is 6.21. The molecule has 11 heteroatoms. The summed E-state index contributed by atoms with van der Waals surface area (Å²) in [5, 5.41) is 4.12. The van der Waals surface area contributed by atoms with Crippen molar-refractivity contribution in [1.29, 1.82) is 0 Å². The number of esters is 1. The second-order valence-corrected chi connectivity index (χ2v) is 6.21. The van der Waals surface area contributed by atoms with Crippen molar-refractivity contribution in [2.45, 2.75) is 13.3 Å². The fourth-order valence-electron chi connectivity index (χ4n) is 2.32. The van der Waals surface area contributed by atoms with Crippen molar-refractivity contribution >= 4 is 23.5 Å². The Morgan fingerprint density at radius 1 is 0.875 bits per heavy atom. The summed E-state index contributed by atoms with van der Waals surface area (Å²) in [6.07, 6.45) is -0.115. The van der Waals surface area contributed by atoms with Gasteiger partial charge >= 0.3 is 5.97 Å². The molecule has 172 valence electrons. The maximum atomic E-state index is 13.5. The van der Waals surface area contributed by atoms with Gasteiger partial charge in [-0.05, 0) is 43.3 Å². The molecule has 0 bridgehead atoms. The molecule has 2 N–H and O–H groups in total. The quantitative estimate of drug-likeness (QED) is 0.400. The molecule has 0 aliphatic rings. The van der Waals surface area contributed by atoms with Gasteiger partial charge in [0.1, 0.15) is 11.5 Å². The van der Waals surface area contributed by atoms with Crippen LogP contribution in [0.25, 0.3) is 0 Å². The van der Waals surface area contributed by atoms with Gasteiger partial charge in [-0.1, -0.05) is 0 Å². The predicted molar refractivity (Wildman–Crippen MR) is 107 cm³/mol. The highest BCUT2D eigenvalue weighted by Gasteiger charge is 2.16. The Morgan fingerprint density at radius 2 is 1.53 bits per heavy atom. The van der Waals surface area contributed by atoms with Gasteiger partial charge in [-0.3, -0.25) is 14.4 Å². The number of amides is 2. The summed E-state index contributed by atoms with van der Waals surface area (Å²) in [6, 6.07) is 8.29. The van der Waals surface area contributed by atoms with Crippen molar-refractivity contribution in [3.63, 3.8) is 0 Å². The largest absolute Gasteiger partial charge is 0.494 e. The lowest BCUT2D eigenvalue weighted by molar-refractivity contribution is -0.149. The first-order valence-corrected chi connectivity index (χ1v) is 9.51. The molecule has 2 aromatic carbocycles. The van der Waals surface area contributed by atoms with E-state index < -0.39 is 54.1 Å². The van der Waals surface area contributed by atoms with Gasteiger partial charge in [0.05, 0.1) is 31.9 Å². The van der Waals surface area contributed by atoms with Crippen LogP contribution in [0.5, 0.6) is 11.5 Å². The summed E-state index contributed by atoms with van der Waals surface area (Å²) in [4.78, 5) is 35.0. The fourth-order valence-corrected chi connectivity index (χ4v) is 2.32. The minimum absolute atomic E-state index is 0.0244. The number of carbonyl (C=O) groups excluding carboxylic acids is 3. The fraction of sp³-hybridized carbons (Fsp3) is 0.286. The summed E-state index contributed by atoms with van der Waals surface area (Å²) < 4.78 is 54.9. The van der Waals surface area contributed by atoms with Crippen LogP contribution in [-0.2, 0) is 19.1 Å². The second kappa shape index (κ2) is 12.2. The van der Waals surface area contributed by atoms with Crippen molar-refractivity contribution in [2.24, 2.45) is 0 Å². The maximum Gasteiger partial charge on any atom is 0.309 e. The highest BCUT2D eigenvalue weighted by Crippen LogP contribution is 2.19. The Labute approximate surface area is 181 Å². The van der Waals surface area contributed by atoms with E-state index >= 15 is 0 Å². The van der Waals surface area contributed by atoms with Gasteiger partial charge < -0.3 is 24.8 Å². The number of benzene rings is 2. The molecule has 0 saturated carbocycles. The van der Waals surface area contributed by atoms with Crippen LogP contribution in [0.1, 0.15) is 13.3 Å². The molecule has 2 amide bonds. The molecule has 0 fully saturated rings. The molecule has 0 atom stereocenters. The standard InChI is InChI=1S/C21H21F3N2O6/c1-2-30-13-3-5-14(6-4-13)31-10-9-19(29)32-12-18(28)25-11-17(27)26-16-8-7-15(22)20(23)21(16)24/h3-8H,2,9-12H2,1H3,(H,25,28)(H,26,27). The number of halogens is 3. The van der Waals surface area contributed by atoms with Crippen LogP contribution in [0.3, 0.4) is 0 Å². The van der Waals surface area contributed by atoms with Gasteiger partial charge in [-0.15, -0.1) is 0 Å². The molecule has 2 rings (SSSR count). The van der Waals surface area contributed by atoms with E-state index in [1.165, 1.54) is 0 Å². The van der Waals surface area contributed by atoms with E-state index in [-0.39, 0.29) is 13.0 Å². The maximum absolute atomic E-state index is 13.5. The third kappa shape index (κ3) is 7.82. The highest BCUT2D eigenvalue weighted by atomic mass is 19.2. The molecule has 0 saturated heterocycles. The molecule has 32 heavy (non-hydrogen) atoms. The lowest BCUT2D eigenvalue weighted by Crippen LogP contribution is -2.35. The highest BCUT2D eigenvalue weighted by molar-refractivity contribution is 5.94. The number of hydrogen-bond acceptors (Lipinski definition) is 6. The van der Waals surface area contributed by atoms with E-state index in [2.05, 4.69) is 5.32 Å². The Hall–Kier alpha value is -3.76. The normalized spacial score (nSPS) is 10.2. The number of rotatable bonds is 11. The number of carbonyl (C=O) groups is 3. The van der Waals surface area contributed by atoms with Crippen LogP contribution in [0, 0.1) is 17.5 Å². The van der Waals surface area contributed by atoms with Crippen LogP contribution in [-0.4, -0.2) is 44.1 Å². The molecule has 0 radical (unpaired) electrons. The third-order valence-corrected chi connectivity index (χ3v) is 3.83. The number of anilines is 1. The molecule has 8 nitrogen and oxygen atoms in total. The predicted octanol–water partition coefficient (Wildman–Crippen LogP) is 2.57. The Bertz CT molecular complexity index is 953. The number of hydrogen-bond donors (Lipinski definition) is 2. The SMILES string of the molecule is CCOc1ccc(OCCC(=O)OCC(=O)NCC(=O)Nc2ccc(F)c(F)c2F)cc1. The summed E-state index contributed by atoms with van der Waals surface area (Å²) in [6.45, 7) is 1.18. The molecule has 0 unspecified atom stereocenters. The molecular formula is C21H21F3N2O6. The van der Waals surface area contributed by atoms with Crippen molar-refractivity contribution < 1.29 is 41.8 Å². The molecule has 0 aliphatic heterocycles. The summed E-state index contributed by atoms with van der Waals surface area (Å²) in [7, 11) is 0. The lowest BCUT2D eigenvalue weighted by Gasteiger charge is -2.09. The topological polar surface area (TPSA) is 103 Å². The van der Waals surface area contributed by atoms with Crippen LogP contribution in [0.4, 0.5) is 18.9 Å². The Balaban J connectivity index is 1.63. The van der Waals surface area contributed by atoms with E-state index in [0.29, 0.717) is 24.2 Å². The van der Waals surface area contributed by atoms with E-state index in [4.69, 9.17) is 14.2 Å². The molecule has 0 aromatic heterocycles. The first kappa shape index (κ1) is 24.5. The first-order chi connectivity index (χ1) is 15.3. The van der Waals surface area contributed by atoms with Gasteiger partial charge in [-0.25, -0.2) is 13.2 Å². The monoisotopic (exact) mass is 454 g/mol. The van der Waals surface area contributed by atoms with Crippen LogP contribution in [0.15, 0.2) is 36.4 Å². The number of ether oxygens (including phenoxy) is 3. The lowest BCUT2D eigenvalue weighted by atomic mass is 10.2. The zero-order valence-electron chi connectivity index (χ0n) is 17.1. The van der Waals surface area contributed by atoms with Crippen LogP contribution in [0.2, 0.25) is 0 Å². The molecule has 2 aromatic rings. The van der Waals surface area contributed by atoms with Crippen molar-refractivity contribution in [2.75, 3.05) is 31.7 Å². The van der Waals surface area contributed by atoms with Gasteiger partial charge in [0.15, 0.2) is 24.1 Å². The average molecular weight is 454 g/mol. The molecule has 0 aliphatic carbocycles. The molecule has 0 spiro atoms. The van der Waals surface area contributed by atoms with Gasteiger partial charge in [0.2, 0.25) is 5.91 Å². The van der Waals surface area contributed by atoms with Crippen molar-refractivity contribution in [3.8, 4) is 11.5 Å². The van der Waals surface area contributed by atoms with E-state index in [1.54, 1.807) is 24.3 Å². The molecular weight excluding hydrogens is 433 g/mol. The molecule has 0 heterocycles. The van der Waals surface area contributed by atoms with Gasteiger partial charge in [-0.2, -0.15) is 0 Å².